The Kier molecular flexibility index (Phi) is 8.56. The standard InChI is InChI=1S/C17H12I3NO8/c1-27-17(24)12-14(19)9(6-29-28-2)13(18)11(15(12)20)7-3-4-8(16(22)23)10(5-7)21(25)26/h3-5H,6H2,1-2H3,(H,22,23). The van der Waals surface area contributed by atoms with Crippen molar-refractivity contribution in [2.75, 3.05) is 14.2 Å². The molecule has 0 bridgehead atoms. The molecule has 0 heterocycles. The van der Waals surface area contributed by atoms with E-state index in [4.69, 9.17) is 9.62 Å². The lowest BCUT2D eigenvalue weighted by molar-refractivity contribution is -0.385. The van der Waals surface area contributed by atoms with E-state index < -0.39 is 28.1 Å². The average Bonchev–Trinajstić information content (AvgIpc) is 2.67. The number of aromatic carboxylic acids is 1. The molecule has 0 aromatic heterocycles. The van der Waals surface area contributed by atoms with E-state index in [1.807, 2.05) is 45.2 Å². The number of carboxylic acid groups (broad SMARTS) is 1. The Labute approximate surface area is 205 Å². The minimum absolute atomic E-state index is 0.0241. The molecular formula is C17H12I3NO8. The zero-order chi connectivity index (χ0) is 21.9. The third-order valence-electron chi connectivity index (χ3n) is 3.83. The van der Waals surface area contributed by atoms with Crippen LogP contribution >= 0.6 is 67.8 Å². The zero-order valence-corrected chi connectivity index (χ0v) is 21.3. The number of hydrogen-bond donors (Lipinski definition) is 1. The predicted octanol–water partition coefficient (Wildman–Crippen LogP) is 4.64. The van der Waals surface area contributed by atoms with Gasteiger partial charge >= 0.3 is 11.9 Å². The molecule has 2 aromatic carbocycles. The van der Waals surface area contributed by atoms with Crippen LogP contribution in [0.1, 0.15) is 26.3 Å². The summed E-state index contributed by atoms with van der Waals surface area (Å²) in [5.74, 6) is -1.98. The Morgan fingerprint density at radius 1 is 1.14 bits per heavy atom. The fraction of sp³-hybridized carbons (Fsp3) is 0.176. The van der Waals surface area contributed by atoms with E-state index in [1.54, 1.807) is 0 Å². The summed E-state index contributed by atoms with van der Waals surface area (Å²) in [7, 11) is 2.60. The summed E-state index contributed by atoms with van der Waals surface area (Å²) >= 11 is 6.03. The SMILES string of the molecule is COOCc1c(I)c(C(=O)OC)c(I)c(-c2ccc(C(=O)O)c([N+](=O)[O-])c2)c1I. The van der Waals surface area contributed by atoms with Crippen LogP contribution in [0, 0.1) is 20.8 Å². The lowest BCUT2D eigenvalue weighted by atomic mass is 9.98. The van der Waals surface area contributed by atoms with Gasteiger partial charge in [-0.15, -0.1) is 0 Å². The summed E-state index contributed by atoms with van der Waals surface area (Å²) in [6, 6.07) is 3.81. The van der Waals surface area contributed by atoms with E-state index in [9.17, 15) is 24.8 Å². The smallest absolute Gasteiger partial charge is 0.342 e. The third kappa shape index (κ3) is 4.97. The molecule has 2 aromatic rings. The van der Waals surface area contributed by atoms with Crippen molar-refractivity contribution in [2.24, 2.45) is 0 Å². The zero-order valence-electron chi connectivity index (χ0n) is 14.8. The van der Waals surface area contributed by atoms with E-state index in [0.29, 0.717) is 27.4 Å². The number of halogens is 3. The average molecular weight is 739 g/mol. The largest absolute Gasteiger partial charge is 0.477 e. The molecule has 154 valence electrons. The first-order valence-electron chi connectivity index (χ1n) is 7.61. The first-order chi connectivity index (χ1) is 13.6. The van der Waals surface area contributed by atoms with Crippen LogP contribution in [0.3, 0.4) is 0 Å². The number of carbonyl (C=O) groups is 2. The summed E-state index contributed by atoms with van der Waals surface area (Å²) in [6.45, 7) is 0.0241. The Bertz CT molecular complexity index is 1010. The maximum Gasteiger partial charge on any atom is 0.342 e. The molecule has 0 aliphatic heterocycles. The molecule has 0 radical (unpaired) electrons. The van der Waals surface area contributed by atoms with Crippen molar-refractivity contribution in [3.8, 4) is 11.1 Å². The van der Waals surface area contributed by atoms with Gasteiger partial charge in [0.2, 0.25) is 0 Å². The second-order valence-electron chi connectivity index (χ2n) is 5.39. The number of ether oxygens (including phenoxy) is 1. The molecule has 0 saturated heterocycles. The lowest BCUT2D eigenvalue weighted by Gasteiger charge is -2.18. The van der Waals surface area contributed by atoms with Gasteiger partial charge in [-0.2, -0.15) is 0 Å². The molecule has 0 aliphatic carbocycles. The monoisotopic (exact) mass is 739 g/mol. The molecule has 9 nitrogen and oxygen atoms in total. The first-order valence-corrected chi connectivity index (χ1v) is 10.8. The van der Waals surface area contributed by atoms with Gasteiger partial charge in [-0.1, -0.05) is 6.07 Å². The van der Waals surface area contributed by atoms with Gasteiger partial charge in [0.15, 0.2) is 0 Å². The number of rotatable bonds is 7. The molecule has 1 N–H and O–H groups in total. The highest BCUT2D eigenvalue weighted by atomic mass is 127. The third-order valence-corrected chi connectivity index (χ3v) is 7.29. The fourth-order valence-corrected chi connectivity index (χ4v) is 7.06. The maximum absolute atomic E-state index is 12.4. The topological polar surface area (TPSA) is 125 Å². The number of hydrogen-bond acceptors (Lipinski definition) is 7. The highest BCUT2D eigenvalue weighted by Crippen LogP contribution is 2.40. The molecule has 0 spiro atoms. The summed E-state index contributed by atoms with van der Waals surface area (Å²) in [5.41, 5.74) is 0.856. The minimum Gasteiger partial charge on any atom is -0.477 e. The molecule has 0 atom stereocenters. The molecule has 0 saturated carbocycles. The number of nitro benzene ring substituents is 1. The van der Waals surface area contributed by atoms with Gasteiger partial charge in [-0.3, -0.25) is 10.1 Å². The van der Waals surface area contributed by atoms with Crippen molar-refractivity contribution < 1.29 is 34.1 Å². The second kappa shape index (κ2) is 10.3. The van der Waals surface area contributed by atoms with Crippen molar-refractivity contribution >= 4 is 85.4 Å². The summed E-state index contributed by atoms with van der Waals surface area (Å²) in [5, 5.41) is 20.6. The summed E-state index contributed by atoms with van der Waals surface area (Å²) in [6.07, 6.45) is 0. The molecule has 29 heavy (non-hydrogen) atoms. The van der Waals surface area contributed by atoms with Crippen LogP contribution in [0.5, 0.6) is 0 Å². The molecule has 0 fully saturated rings. The quantitative estimate of drug-likeness (QED) is 0.143. The van der Waals surface area contributed by atoms with Gasteiger partial charge < -0.3 is 9.84 Å². The first kappa shape index (κ1) is 24.2. The van der Waals surface area contributed by atoms with Crippen molar-refractivity contribution in [1.82, 2.24) is 0 Å². The molecule has 0 aliphatic rings. The Morgan fingerprint density at radius 3 is 2.31 bits per heavy atom. The number of methoxy groups -OCH3 is 1. The van der Waals surface area contributed by atoms with Crippen LogP contribution in [0.15, 0.2) is 18.2 Å². The lowest BCUT2D eigenvalue weighted by Crippen LogP contribution is -2.13. The number of esters is 1. The Morgan fingerprint density at radius 2 is 1.79 bits per heavy atom. The Balaban J connectivity index is 2.88. The van der Waals surface area contributed by atoms with Gasteiger partial charge in [0, 0.05) is 27.9 Å². The maximum atomic E-state index is 12.4. The van der Waals surface area contributed by atoms with Crippen LogP contribution in [-0.4, -0.2) is 36.2 Å². The normalized spacial score (nSPS) is 10.7. The van der Waals surface area contributed by atoms with Crippen molar-refractivity contribution in [3.63, 3.8) is 0 Å². The Hall–Kier alpha value is -1.11. The number of benzene rings is 2. The number of nitrogens with zero attached hydrogens (tertiary/aromatic N) is 1. The molecule has 0 unspecified atom stereocenters. The van der Waals surface area contributed by atoms with Gasteiger partial charge in [0.25, 0.3) is 5.69 Å². The van der Waals surface area contributed by atoms with Gasteiger partial charge in [0.1, 0.15) is 12.2 Å². The number of carboxylic acids is 1. The molecular weight excluding hydrogens is 727 g/mol. The van der Waals surface area contributed by atoms with Crippen LogP contribution in [-0.2, 0) is 21.1 Å². The number of carbonyl (C=O) groups excluding carboxylic acids is 1. The van der Waals surface area contributed by atoms with E-state index in [-0.39, 0.29) is 12.2 Å². The van der Waals surface area contributed by atoms with E-state index >= 15 is 0 Å². The summed E-state index contributed by atoms with van der Waals surface area (Å²) in [4.78, 5) is 44.1. The molecule has 0 amide bonds. The van der Waals surface area contributed by atoms with Crippen LogP contribution in [0.2, 0.25) is 0 Å². The van der Waals surface area contributed by atoms with E-state index in [2.05, 4.69) is 27.5 Å². The second-order valence-corrected chi connectivity index (χ2v) is 8.62. The van der Waals surface area contributed by atoms with Crippen LogP contribution < -0.4 is 0 Å². The number of nitro groups is 1. The minimum atomic E-state index is -1.40. The highest BCUT2D eigenvalue weighted by Gasteiger charge is 2.28. The van der Waals surface area contributed by atoms with Crippen LogP contribution in [0.4, 0.5) is 5.69 Å². The predicted molar refractivity (Wildman–Crippen MR) is 127 cm³/mol. The molecule has 12 heteroatoms. The van der Waals surface area contributed by atoms with Gasteiger partial charge in [0.05, 0.1) is 24.7 Å². The van der Waals surface area contributed by atoms with Crippen molar-refractivity contribution in [1.29, 1.82) is 0 Å². The summed E-state index contributed by atoms with van der Waals surface area (Å²) < 4.78 is 6.68. The highest BCUT2D eigenvalue weighted by molar-refractivity contribution is 14.1. The van der Waals surface area contributed by atoms with E-state index in [0.717, 1.165) is 0 Å². The van der Waals surface area contributed by atoms with Crippen molar-refractivity contribution in [3.05, 3.63) is 55.7 Å². The van der Waals surface area contributed by atoms with Crippen LogP contribution in [0.25, 0.3) is 11.1 Å². The van der Waals surface area contributed by atoms with Gasteiger partial charge in [-0.05, 0) is 79.4 Å². The fourth-order valence-electron chi connectivity index (χ4n) is 2.51. The molecule has 2 rings (SSSR count). The van der Waals surface area contributed by atoms with Crippen molar-refractivity contribution in [2.45, 2.75) is 6.61 Å². The van der Waals surface area contributed by atoms with E-state index in [1.165, 1.54) is 32.4 Å². The van der Waals surface area contributed by atoms with Gasteiger partial charge in [-0.25, -0.2) is 19.4 Å².